The van der Waals surface area contributed by atoms with E-state index in [1.54, 1.807) is 0 Å². The van der Waals surface area contributed by atoms with Gasteiger partial charge in [0.25, 0.3) is 0 Å². The van der Waals surface area contributed by atoms with Crippen LogP contribution >= 0.6 is 11.6 Å². The monoisotopic (exact) mass is 201 g/mol. The number of hydrogen-bond acceptors (Lipinski definition) is 3. The lowest BCUT2D eigenvalue weighted by molar-refractivity contribution is 0.466. The van der Waals surface area contributed by atoms with Gasteiger partial charge in [-0.2, -0.15) is 0 Å². The molecule has 1 rings (SSSR count). The standard InChI is InChI=1S/C8H5ClFNO2/c9-7-2-6(10)1-5(8(7)13)3-11-4-12/h1-2,13H,3H2. The summed E-state index contributed by atoms with van der Waals surface area (Å²) in [5.74, 6) is -0.846. The number of benzene rings is 1. The van der Waals surface area contributed by atoms with Gasteiger partial charge >= 0.3 is 0 Å². The summed E-state index contributed by atoms with van der Waals surface area (Å²) in [5.41, 5.74) is 0.161. The fourth-order valence-electron chi connectivity index (χ4n) is 0.857. The van der Waals surface area contributed by atoms with E-state index in [4.69, 9.17) is 11.6 Å². The highest BCUT2D eigenvalue weighted by Crippen LogP contribution is 2.28. The smallest absolute Gasteiger partial charge is 0.235 e. The summed E-state index contributed by atoms with van der Waals surface area (Å²) in [6.07, 6.45) is 1.28. The van der Waals surface area contributed by atoms with Gasteiger partial charge in [0.15, 0.2) is 0 Å². The number of hydrogen-bond donors (Lipinski definition) is 1. The van der Waals surface area contributed by atoms with Crippen LogP contribution in [0.1, 0.15) is 5.56 Å². The van der Waals surface area contributed by atoms with Crippen molar-refractivity contribution in [1.29, 1.82) is 0 Å². The SMILES string of the molecule is O=C=NCc1cc(F)cc(Cl)c1O. The molecule has 0 bridgehead atoms. The van der Waals surface area contributed by atoms with E-state index < -0.39 is 5.82 Å². The molecular weight excluding hydrogens is 197 g/mol. The predicted octanol–water partition coefficient (Wildman–Crippen LogP) is 2.02. The summed E-state index contributed by atoms with van der Waals surface area (Å²) in [6, 6.07) is 2.03. The van der Waals surface area contributed by atoms with E-state index in [1.807, 2.05) is 0 Å². The van der Waals surface area contributed by atoms with Crippen LogP contribution in [0.4, 0.5) is 4.39 Å². The Kier molecular flexibility index (Phi) is 3.01. The summed E-state index contributed by atoms with van der Waals surface area (Å²) < 4.78 is 12.7. The van der Waals surface area contributed by atoms with Crippen molar-refractivity contribution in [1.82, 2.24) is 0 Å². The average Bonchev–Trinajstić information content (AvgIpc) is 2.09. The lowest BCUT2D eigenvalue weighted by Gasteiger charge is -2.02. The van der Waals surface area contributed by atoms with Crippen LogP contribution in [0.5, 0.6) is 5.75 Å². The third-order valence-corrected chi connectivity index (χ3v) is 1.71. The van der Waals surface area contributed by atoms with Gasteiger partial charge < -0.3 is 5.11 Å². The highest BCUT2D eigenvalue weighted by molar-refractivity contribution is 6.32. The van der Waals surface area contributed by atoms with Crippen LogP contribution in [0.3, 0.4) is 0 Å². The first-order valence-corrected chi connectivity index (χ1v) is 3.73. The molecule has 13 heavy (non-hydrogen) atoms. The maximum absolute atomic E-state index is 12.7. The Morgan fingerprint density at radius 1 is 1.62 bits per heavy atom. The first-order chi connectivity index (χ1) is 6.15. The number of aromatic hydroxyl groups is 1. The summed E-state index contributed by atoms with van der Waals surface area (Å²) in [6.45, 7) is -0.132. The molecule has 0 saturated carbocycles. The van der Waals surface area contributed by atoms with Gasteiger partial charge in [-0.05, 0) is 12.1 Å². The fraction of sp³-hybridized carbons (Fsp3) is 0.125. The molecule has 0 aliphatic heterocycles. The molecule has 0 aliphatic rings. The average molecular weight is 202 g/mol. The third-order valence-electron chi connectivity index (χ3n) is 1.42. The van der Waals surface area contributed by atoms with Crippen molar-refractivity contribution in [3.8, 4) is 5.75 Å². The first-order valence-electron chi connectivity index (χ1n) is 3.35. The highest BCUT2D eigenvalue weighted by Gasteiger charge is 2.07. The molecule has 0 fully saturated rings. The van der Waals surface area contributed by atoms with E-state index in [1.165, 1.54) is 6.08 Å². The zero-order valence-electron chi connectivity index (χ0n) is 6.42. The Morgan fingerprint density at radius 2 is 2.31 bits per heavy atom. The van der Waals surface area contributed by atoms with Gasteiger partial charge in [-0.3, -0.25) is 0 Å². The van der Waals surface area contributed by atoms with Crippen LogP contribution in [0.25, 0.3) is 0 Å². The maximum atomic E-state index is 12.7. The van der Waals surface area contributed by atoms with Gasteiger partial charge in [0.2, 0.25) is 6.08 Å². The van der Waals surface area contributed by atoms with Gasteiger partial charge in [-0.1, -0.05) is 11.6 Å². The van der Waals surface area contributed by atoms with E-state index in [9.17, 15) is 14.3 Å². The van der Waals surface area contributed by atoms with Crippen LogP contribution in [-0.2, 0) is 11.3 Å². The van der Waals surface area contributed by atoms with Crippen molar-refractivity contribution in [3.05, 3.63) is 28.5 Å². The number of halogens is 2. The lowest BCUT2D eigenvalue weighted by atomic mass is 10.2. The quantitative estimate of drug-likeness (QED) is 0.588. The van der Waals surface area contributed by atoms with Crippen molar-refractivity contribution in [2.75, 3.05) is 0 Å². The Balaban J connectivity index is 3.12. The van der Waals surface area contributed by atoms with Gasteiger partial charge in [-0.25, -0.2) is 14.2 Å². The van der Waals surface area contributed by atoms with Crippen LogP contribution < -0.4 is 0 Å². The number of phenols is 1. The number of phenolic OH excluding ortho intramolecular Hbond substituents is 1. The number of rotatable bonds is 2. The van der Waals surface area contributed by atoms with Gasteiger partial charge in [0.05, 0.1) is 11.6 Å². The van der Waals surface area contributed by atoms with Crippen LogP contribution in [0, 0.1) is 5.82 Å². The molecule has 0 aromatic heterocycles. The van der Waals surface area contributed by atoms with Crippen molar-refractivity contribution >= 4 is 17.7 Å². The summed E-state index contributed by atoms with van der Waals surface area (Å²) in [7, 11) is 0. The zero-order chi connectivity index (χ0) is 9.84. The second-order valence-corrected chi connectivity index (χ2v) is 2.71. The Bertz CT molecular complexity index is 375. The minimum Gasteiger partial charge on any atom is -0.506 e. The van der Waals surface area contributed by atoms with Crippen LogP contribution in [0.2, 0.25) is 5.02 Å². The molecule has 0 amide bonds. The topological polar surface area (TPSA) is 49.7 Å². The largest absolute Gasteiger partial charge is 0.506 e. The molecule has 0 saturated heterocycles. The Hall–Kier alpha value is -1.38. The minimum atomic E-state index is -0.584. The Morgan fingerprint density at radius 3 is 2.92 bits per heavy atom. The Labute approximate surface area is 78.5 Å². The molecule has 1 N–H and O–H groups in total. The van der Waals surface area contributed by atoms with E-state index in [0.717, 1.165) is 12.1 Å². The molecule has 0 aliphatic carbocycles. The molecule has 0 heterocycles. The highest BCUT2D eigenvalue weighted by atomic mass is 35.5. The van der Waals surface area contributed by atoms with Crippen LogP contribution in [-0.4, -0.2) is 11.2 Å². The molecule has 0 spiro atoms. The van der Waals surface area contributed by atoms with E-state index in [0.29, 0.717) is 0 Å². The second-order valence-electron chi connectivity index (χ2n) is 2.30. The van der Waals surface area contributed by atoms with Gasteiger partial charge in [0.1, 0.15) is 11.6 Å². The predicted molar refractivity (Wildman–Crippen MR) is 44.9 cm³/mol. The number of carbonyl (C=O) groups excluding carboxylic acids is 1. The molecule has 0 atom stereocenters. The molecule has 1 aromatic carbocycles. The first kappa shape index (κ1) is 9.71. The molecule has 1 aromatic rings. The molecule has 3 nitrogen and oxygen atoms in total. The molecule has 0 radical (unpaired) electrons. The van der Waals surface area contributed by atoms with E-state index >= 15 is 0 Å². The fourth-order valence-corrected chi connectivity index (χ4v) is 1.08. The van der Waals surface area contributed by atoms with Gasteiger partial charge in [0, 0.05) is 5.56 Å². The molecule has 0 unspecified atom stereocenters. The second kappa shape index (κ2) is 4.03. The van der Waals surface area contributed by atoms with Crippen molar-refractivity contribution in [2.45, 2.75) is 6.54 Å². The summed E-state index contributed by atoms with van der Waals surface area (Å²) in [4.78, 5) is 13.0. The number of nitrogens with zero attached hydrogens (tertiary/aromatic N) is 1. The molecule has 68 valence electrons. The normalized spacial score (nSPS) is 9.38. The van der Waals surface area contributed by atoms with Crippen molar-refractivity contribution in [3.63, 3.8) is 0 Å². The minimum absolute atomic E-state index is 0.101. The maximum Gasteiger partial charge on any atom is 0.235 e. The van der Waals surface area contributed by atoms with E-state index in [2.05, 4.69) is 4.99 Å². The molecule has 5 heteroatoms. The van der Waals surface area contributed by atoms with Crippen molar-refractivity contribution < 1.29 is 14.3 Å². The van der Waals surface area contributed by atoms with E-state index in [-0.39, 0.29) is 22.9 Å². The number of isocyanates is 1. The third kappa shape index (κ3) is 2.28. The van der Waals surface area contributed by atoms with Gasteiger partial charge in [-0.15, -0.1) is 0 Å². The molecular formula is C8H5ClFNO2. The number of aliphatic imine (C=N–C) groups is 1. The summed E-state index contributed by atoms with van der Waals surface area (Å²) >= 11 is 5.47. The zero-order valence-corrected chi connectivity index (χ0v) is 7.18. The van der Waals surface area contributed by atoms with Crippen LogP contribution in [0.15, 0.2) is 17.1 Å². The lowest BCUT2D eigenvalue weighted by Crippen LogP contribution is -1.86. The summed E-state index contributed by atoms with van der Waals surface area (Å²) in [5, 5.41) is 9.16. The van der Waals surface area contributed by atoms with Crippen molar-refractivity contribution in [2.24, 2.45) is 4.99 Å².